The van der Waals surface area contributed by atoms with Gasteiger partial charge in [-0.15, -0.1) is 0 Å². The molecule has 0 spiro atoms. The number of carbonyl (C=O) groups excluding carboxylic acids is 13. The maximum absolute atomic E-state index is 14.2. The predicted molar refractivity (Wildman–Crippen MR) is 380 cm³/mol. The zero-order valence-corrected chi connectivity index (χ0v) is 67.3. The summed E-state index contributed by atoms with van der Waals surface area (Å²) >= 11 is 0. The lowest BCUT2D eigenvalue weighted by Crippen LogP contribution is -3.00. The van der Waals surface area contributed by atoms with Gasteiger partial charge in [-0.2, -0.15) is 0 Å². The highest BCUT2D eigenvalue weighted by Crippen LogP contribution is 2.36. The van der Waals surface area contributed by atoms with Crippen molar-refractivity contribution in [2.75, 3.05) is 78.2 Å². The number of hydrogen-bond acceptors (Lipinski definition) is 25. The van der Waals surface area contributed by atoms with Gasteiger partial charge in [0, 0.05) is 119 Å². The van der Waals surface area contributed by atoms with Crippen LogP contribution in [0.2, 0.25) is 0 Å². The molecule has 3 aliphatic rings. The predicted octanol–water partition coefficient (Wildman–Crippen LogP) is -3.84. The van der Waals surface area contributed by atoms with Crippen LogP contribution in [-0.2, 0) is 192 Å². The molecule has 0 saturated carbocycles. The minimum absolute atomic E-state index is 0. The number of fused-ring (bicyclic) bond motifs is 1. The van der Waals surface area contributed by atoms with Gasteiger partial charge >= 0.3 is 71.6 Å². The quantitative estimate of drug-likeness (QED) is 0.0168. The number of rotatable bonds is 37. The fourth-order valence-corrected chi connectivity index (χ4v) is 13.3. The van der Waals surface area contributed by atoms with E-state index in [1.54, 1.807) is 32.9 Å². The molecule has 0 aromatic carbocycles. The van der Waals surface area contributed by atoms with E-state index in [9.17, 15) is 62.3 Å². The number of aromatic nitrogens is 4. The summed E-state index contributed by atoms with van der Waals surface area (Å²) < 4.78 is 62.5. The first-order valence-electron chi connectivity index (χ1n) is 34.8. The molecule has 0 fully saturated rings. The third-order valence-corrected chi connectivity index (χ3v) is 18.7. The minimum atomic E-state index is -1.01. The summed E-state index contributed by atoms with van der Waals surface area (Å²) in [4.78, 5) is 194. The molecule has 4 aromatic heterocycles. The van der Waals surface area contributed by atoms with Crippen molar-refractivity contribution in [2.45, 2.75) is 168 Å². The minimum Gasteiger partial charge on any atom is -1.00 e. The van der Waals surface area contributed by atoms with E-state index < -0.39 is 103 Å². The van der Waals surface area contributed by atoms with Gasteiger partial charge in [0.2, 0.25) is 17.3 Å². The molecule has 0 radical (unpaired) electrons. The first-order valence-corrected chi connectivity index (χ1v) is 34.8. The second kappa shape index (κ2) is 41.9. The maximum atomic E-state index is 14.2. The zero-order valence-electron chi connectivity index (χ0n) is 64.2. The van der Waals surface area contributed by atoms with Crippen LogP contribution in [0.15, 0.2) is 33.7 Å². The second-order valence-corrected chi connectivity index (χ2v) is 26.4. The Bertz CT molecular complexity index is 4390. The number of carbonyl (C=O) groups is 13. The van der Waals surface area contributed by atoms with Crippen molar-refractivity contribution in [3.8, 4) is 0 Å². The maximum Gasteiger partial charge on any atom is 0.355 e. The van der Waals surface area contributed by atoms with Crippen LogP contribution in [0, 0.1) is 0 Å². The molecule has 4 aromatic rings. The van der Waals surface area contributed by atoms with Crippen LogP contribution in [0.3, 0.4) is 0 Å². The average Bonchev–Trinajstić information content (AvgIpc) is 1.62. The highest BCUT2D eigenvalue weighted by molar-refractivity contribution is 6.05. The van der Waals surface area contributed by atoms with Gasteiger partial charge in [0.25, 0.3) is 0 Å². The van der Waals surface area contributed by atoms with Crippen LogP contribution in [-0.4, -0.2) is 193 Å². The number of methoxy groups -OCH3 is 11. The Morgan fingerprint density at radius 3 is 1.13 bits per heavy atom. The van der Waals surface area contributed by atoms with Gasteiger partial charge in [-0.25, -0.2) is 14.8 Å². The van der Waals surface area contributed by atoms with Gasteiger partial charge < -0.3 is 116 Å². The number of esters is 12. The van der Waals surface area contributed by atoms with Gasteiger partial charge in [0.1, 0.15) is 11.3 Å². The SMILES string of the molecule is COC(=O)CCC1=C(CC(=O)OC)/C(=C/c2[nH]c(Cc3[nH]c(/C=C4/[NH+]=C(Cc5[nH]c6c(c5CCC(=O)OC)CC(=O)NC6)C(CC(=O)OC)=C4CCC(=O)OC)c(CCC(=O)OC)c3CC(=O)OC)c(CC(=O)OC)c2CCC(=O)OC)[NH+]=C1Cc1[nH]c(C(=O)OC(C)(C)C)c(CCC(=O)OC)c1CC(=O)OC.[Br-].[Br-]. The van der Waals surface area contributed by atoms with Gasteiger partial charge in [-0.05, 0) is 104 Å². The molecular weight excluding hydrogens is 1570 g/mol. The van der Waals surface area contributed by atoms with E-state index in [0.29, 0.717) is 95.6 Å². The summed E-state index contributed by atoms with van der Waals surface area (Å²) in [7, 11) is 13.3. The third-order valence-electron chi connectivity index (χ3n) is 18.7. The Morgan fingerprint density at radius 1 is 0.373 bits per heavy atom. The lowest BCUT2D eigenvalue weighted by molar-refractivity contribution is -0.388. The summed E-state index contributed by atoms with van der Waals surface area (Å²) in [5, 5.41) is 2.85. The van der Waals surface area contributed by atoms with Crippen LogP contribution in [0.1, 0.15) is 180 Å². The van der Waals surface area contributed by atoms with Crippen LogP contribution in [0.25, 0.3) is 12.2 Å². The standard InChI is InChI=1S/C76H93N7O25.2BrH/c1-76(2,3)108-75(96)74-44(20-26-68(90)102-9)50(32-73(95)107-14)60(83-74)36-54-43(19-25-67(89)101-8)47(29-70(92)104-11)56(81-54)34-53-42(18-24-66(88)100-7)49(31-72(94)106-13)59(80-53)37-58-48(30-71(93)105-12)41(17-23-65(87)99-6)52(79-58)33-51-40(16-22-64(86)98-5)46(28-69(91)103-10)57(78-51)35-55-39(15-21-63(85)97-4)45-27-62(84)77-38-61(45)82-55;;/h33-34,79-80,82-83H,15-32,35-38H2,1-14H3,(H,77,84);2*1H/b51-33+,56-34-;;. The van der Waals surface area contributed by atoms with Gasteiger partial charge in [0.05, 0.1) is 136 Å². The van der Waals surface area contributed by atoms with Crippen LogP contribution in [0.5, 0.6) is 0 Å². The lowest BCUT2D eigenvalue weighted by Gasteiger charge is -2.19. The molecule has 598 valence electrons. The van der Waals surface area contributed by atoms with Crippen LogP contribution >= 0.6 is 0 Å². The number of aromatic amines is 4. The number of H-pyrrole nitrogens is 4. The summed E-state index contributed by atoms with van der Waals surface area (Å²) in [5.41, 5.74) is 8.25. The second-order valence-electron chi connectivity index (χ2n) is 26.4. The molecule has 7 rings (SSSR count). The van der Waals surface area contributed by atoms with Crippen molar-refractivity contribution in [2.24, 2.45) is 0 Å². The fourth-order valence-electron chi connectivity index (χ4n) is 13.3. The number of allylic oxidation sites excluding steroid dienone is 3. The van der Waals surface area contributed by atoms with Gasteiger partial charge in [0.15, 0.2) is 11.4 Å². The zero-order chi connectivity index (χ0) is 79.3. The van der Waals surface area contributed by atoms with Crippen LogP contribution < -0.4 is 49.3 Å². The Kier molecular flexibility index (Phi) is 34.3. The number of halogens is 2. The van der Waals surface area contributed by atoms with Crippen LogP contribution in [0.4, 0.5) is 0 Å². The summed E-state index contributed by atoms with van der Waals surface area (Å²) in [6.45, 7) is 5.17. The fraction of sp³-hybridized carbons (Fsp3) is 0.487. The van der Waals surface area contributed by atoms with Crippen molar-refractivity contribution < 1.29 is 163 Å². The normalized spacial score (nSPS) is 13.7. The van der Waals surface area contributed by atoms with E-state index >= 15 is 0 Å². The molecule has 0 bridgehead atoms. The van der Waals surface area contributed by atoms with E-state index in [4.69, 9.17) is 56.8 Å². The number of hydrogen-bond donors (Lipinski definition) is 7. The highest BCUT2D eigenvalue weighted by Gasteiger charge is 2.39. The van der Waals surface area contributed by atoms with E-state index in [2.05, 4.69) is 35.2 Å². The number of ether oxygens (including phenoxy) is 12. The third kappa shape index (κ3) is 23.8. The number of nitrogens with one attached hydrogen (secondary N) is 7. The van der Waals surface area contributed by atoms with E-state index in [-0.39, 0.29) is 189 Å². The van der Waals surface area contributed by atoms with Crippen molar-refractivity contribution in [3.05, 3.63) is 124 Å². The first-order chi connectivity index (χ1) is 51.5. The molecule has 3 aliphatic heterocycles. The van der Waals surface area contributed by atoms with Crippen molar-refractivity contribution >= 4 is 101 Å². The van der Waals surface area contributed by atoms with Crippen molar-refractivity contribution in [3.63, 3.8) is 0 Å². The van der Waals surface area contributed by atoms with E-state index in [1.807, 2.05) is 0 Å². The molecule has 0 atom stereocenters. The monoisotopic (exact) mass is 1660 g/mol. The average molecular weight is 1670 g/mol. The molecule has 7 N–H and O–H groups in total. The molecule has 0 aliphatic carbocycles. The largest absolute Gasteiger partial charge is 1.00 e. The van der Waals surface area contributed by atoms with Gasteiger partial charge in [-0.3, -0.25) is 57.5 Å². The lowest BCUT2D eigenvalue weighted by atomic mass is 9.92. The Balaban J connectivity index is 0.0000108. The molecule has 0 unspecified atom stereocenters. The molecule has 34 heteroatoms. The topological polar surface area (TPSA) is 436 Å². The van der Waals surface area contributed by atoms with Crippen molar-refractivity contribution in [1.29, 1.82) is 0 Å². The Hall–Kier alpha value is -10.5. The molecule has 1 amide bonds. The molecule has 110 heavy (non-hydrogen) atoms. The Morgan fingerprint density at radius 2 is 0.709 bits per heavy atom. The summed E-state index contributed by atoms with van der Waals surface area (Å²) in [5.74, 6) is -8.06. The molecule has 0 saturated heterocycles. The van der Waals surface area contributed by atoms with Crippen molar-refractivity contribution in [1.82, 2.24) is 25.3 Å². The highest BCUT2D eigenvalue weighted by atomic mass is 79.9. The van der Waals surface area contributed by atoms with E-state index in [0.717, 1.165) is 5.69 Å². The smallest absolute Gasteiger partial charge is 0.355 e. The first kappa shape index (κ1) is 90.1. The number of amides is 1. The summed E-state index contributed by atoms with van der Waals surface area (Å²) in [6.07, 6.45) is -0.0628. The Labute approximate surface area is 655 Å². The van der Waals surface area contributed by atoms with Gasteiger partial charge in [-0.1, -0.05) is 0 Å². The molecule has 32 nitrogen and oxygen atoms in total. The summed E-state index contributed by atoms with van der Waals surface area (Å²) in [6, 6.07) is 0. The van der Waals surface area contributed by atoms with E-state index in [1.165, 1.54) is 78.2 Å². The molecule has 7 heterocycles. The molecular formula is C76H95Br2N7O25.